The third kappa shape index (κ3) is 10.9. The number of amides is 2. The first-order chi connectivity index (χ1) is 29.3. The molecule has 60 heavy (non-hydrogen) atoms. The second-order valence-corrected chi connectivity index (χ2v) is 14.1. The molecular weight excluding hydrogens is 773 g/mol. The lowest BCUT2D eigenvalue weighted by atomic mass is 10.0. The molecule has 2 aliphatic heterocycles. The summed E-state index contributed by atoms with van der Waals surface area (Å²) in [5.74, 6) is 1.58. The average Bonchev–Trinajstić information content (AvgIpc) is 3.66. The molecule has 1 fully saturated rings. The minimum absolute atomic E-state index is 0.0501. The van der Waals surface area contributed by atoms with Gasteiger partial charge in [0.15, 0.2) is 5.58 Å². The third-order valence-electron chi connectivity index (χ3n) is 9.96. The topological polar surface area (TPSA) is 286 Å². The van der Waals surface area contributed by atoms with Crippen LogP contribution in [0.4, 0.5) is 29.5 Å². The molecule has 21 heteroatoms. The van der Waals surface area contributed by atoms with Crippen LogP contribution in [0.5, 0.6) is 0 Å². The molecule has 1 saturated heterocycles. The molecule has 0 unspecified atom stereocenters. The van der Waals surface area contributed by atoms with E-state index in [9.17, 15) is 9.59 Å². The number of oxazole rings is 1. The minimum Gasteiger partial charge on any atom is -0.424 e. The van der Waals surface area contributed by atoms with Crippen molar-refractivity contribution in [1.29, 1.82) is 5.41 Å². The summed E-state index contributed by atoms with van der Waals surface area (Å²) in [5, 5.41) is 21.1. The Balaban J connectivity index is 0.695. The number of ether oxygens (including phenoxy) is 2. The first-order valence-electron chi connectivity index (χ1n) is 20.0. The molecular formula is C39H50N16O5. The van der Waals surface area contributed by atoms with Crippen LogP contribution in [0.25, 0.3) is 11.1 Å². The molecule has 0 atom stereocenters. The van der Waals surface area contributed by atoms with Crippen molar-refractivity contribution >= 4 is 58.2 Å². The number of nitrogens with zero attached hydrogens (tertiary/aromatic N) is 9. The highest BCUT2D eigenvalue weighted by atomic mass is 16.5. The summed E-state index contributed by atoms with van der Waals surface area (Å²) in [6.45, 7) is 7.32. The van der Waals surface area contributed by atoms with Gasteiger partial charge in [0.25, 0.3) is 11.9 Å². The van der Waals surface area contributed by atoms with Crippen LogP contribution in [0.3, 0.4) is 0 Å². The second kappa shape index (κ2) is 20.4. The van der Waals surface area contributed by atoms with Gasteiger partial charge in [0, 0.05) is 101 Å². The number of aromatic nitrogens is 7. The largest absolute Gasteiger partial charge is 0.424 e. The Labute approximate surface area is 346 Å². The number of anilines is 5. The maximum Gasteiger partial charge on any atom is 0.292 e. The number of benzene rings is 1. The molecule has 6 heterocycles. The van der Waals surface area contributed by atoms with E-state index in [2.05, 4.69) is 61.0 Å². The number of unbranched alkanes of at least 4 members (excludes halogenated alkanes) is 1. The normalized spacial score (nSPS) is 13.9. The summed E-state index contributed by atoms with van der Waals surface area (Å²) in [5.41, 5.74) is 16.6. The van der Waals surface area contributed by atoms with Gasteiger partial charge in [0.1, 0.15) is 23.5 Å². The molecule has 4 aromatic heterocycles. The fourth-order valence-electron chi connectivity index (χ4n) is 6.71. The minimum atomic E-state index is -0.277. The number of nitrogen functional groups attached to an aromatic ring is 2. The van der Waals surface area contributed by atoms with Crippen molar-refractivity contribution < 1.29 is 23.5 Å². The number of nitrogens with two attached hydrogens (primary N) is 2. The lowest BCUT2D eigenvalue weighted by molar-refractivity contribution is -0.122. The number of nitrogens with one attached hydrogen (secondary N) is 5. The summed E-state index contributed by atoms with van der Waals surface area (Å²) in [7, 11) is 0. The molecule has 0 bridgehead atoms. The molecule has 0 radical (unpaired) electrons. The quantitative estimate of drug-likeness (QED) is 0.0424. The number of piperazine rings is 1. The van der Waals surface area contributed by atoms with Gasteiger partial charge in [0.2, 0.25) is 17.8 Å². The molecule has 5 aromatic rings. The number of hydrogen-bond acceptors (Lipinski definition) is 19. The Morgan fingerprint density at radius 1 is 0.833 bits per heavy atom. The van der Waals surface area contributed by atoms with Gasteiger partial charge in [-0.05, 0) is 31.0 Å². The average molecular weight is 823 g/mol. The van der Waals surface area contributed by atoms with Crippen molar-refractivity contribution in [1.82, 2.24) is 50.8 Å². The number of fused-ring (bicyclic) bond motifs is 2. The van der Waals surface area contributed by atoms with E-state index in [0.717, 1.165) is 70.2 Å². The van der Waals surface area contributed by atoms with Crippen LogP contribution in [-0.2, 0) is 27.2 Å². The zero-order chi connectivity index (χ0) is 41.7. The van der Waals surface area contributed by atoms with Crippen molar-refractivity contribution in [2.75, 3.05) is 105 Å². The van der Waals surface area contributed by atoms with Gasteiger partial charge >= 0.3 is 0 Å². The van der Waals surface area contributed by atoms with E-state index in [-0.39, 0.29) is 42.4 Å². The van der Waals surface area contributed by atoms with E-state index in [0.29, 0.717) is 79.0 Å². The summed E-state index contributed by atoms with van der Waals surface area (Å²) in [6, 6.07) is 5.17. The van der Waals surface area contributed by atoms with Gasteiger partial charge in [0.05, 0.1) is 49.0 Å². The summed E-state index contributed by atoms with van der Waals surface area (Å²) in [6.07, 6.45) is 8.95. The van der Waals surface area contributed by atoms with Crippen molar-refractivity contribution in [2.45, 2.75) is 32.2 Å². The van der Waals surface area contributed by atoms with E-state index in [1.165, 1.54) is 24.3 Å². The zero-order valence-corrected chi connectivity index (χ0v) is 33.3. The lowest BCUT2D eigenvalue weighted by Gasteiger charge is -2.35. The molecule has 9 N–H and O–H groups in total. The molecule has 0 aliphatic carbocycles. The maximum absolute atomic E-state index is 12.6. The summed E-state index contributed by atoms with van der Waals surface area (Å²) >= 11 is 0. The Kier molecular flexibility index (Phi) is 14.1. The number of carbonyl (C=O) groups is 2. The van der Waals surface area contributed by atoms with Crippen molar-refractivity contribution in [3.63, 3.8) is 0 Å². The SMILES string of the molecule is N=C(c1ccc2oc(N)nc2c1)c1c(N)ncnc1NCCCCNC(=O)CCOCCOCCNC(=O)c1cnc(N2CCN(c3ncc4c(n3)CCNC4)CC2)nc1. The molecule has 1 aromatic carbocycles. The van der Waals surface area contributed by atoms with E-state index >= 15 is 0 Å². The molecule has 0 spiro atoms. The van der Waals surface area contributed by atoms with Gasteiger partial charge in [-0.15, -0.1) is 0 Å². The number of carbonyl (C=O) groups excluding carboxylic acids is 2. The number of rotatable bonds is 20. The van der Waals surface area contributed by atoms with Crippen molar-refractivity contribution in [3.8, 4) is 0 Å². The monoisotopic (exact) mass is 822 g/mol. The molecule has 2 aliphatic rings. The smallest absolute Gasteiger partial charge is 0.292 e. The molecule has 21 nitrogen and oxygen atoms in total. The first-order valence-corrected chi connectivity index (χ1v) is 20.0. The van der Waals surface area contributed by atoms with Crippen LogP contribution in [0.2, 0.25) is 0 Å². The first kappa shape index (κ1) is 41.6. The maximum atomic E-state index is 12.6. The zero-order valence-electron chi connectivity index (χ0n) is 33.3. The summed E-state index contributed by atoms with van der Waals surface area (Å²) < 4.78 is 16.4. The van der Waals surface area contributed by atoms with Crippen LogP contribution < -0.4 is 42.5 Å². The summed E-state index contributed by atoms with van der Waals surface area (Å²) in [4.78, 5) is 59.9. The van der Waals surface area contributed by atoms with E-state index in [1.54, 1.807) is 18.2 Å². The molecule has 7 rings (SSSR count). The Morgan fingerprint density at radius 3 is 2.40 bits per heavy atom. The van der Waals surface area contributed by atoms with Gasteiger partial charge in [-0.2, -0.15) is 4.98 Å². The highest BCUT2D eigenvalue weighted by Gasteiger charge is 2.23. The highest BCUT2D eigenvalue weighted by Crippen LogP contribution is 2.25. The number of hydrogen-bond donors (Lipinski definition) is 7. The van der Waals surface area contributed by atoms with E-state index in [4.69, 9.17) is 35.8 Å². The lowest BCUT2D eigenvalue weighted by Crippen LogP contribution is -2.48. The molecule has 2 amide bonds. The van der Waals surface area contributed by atoms with E-state index < -0.39 is 0 Å². The van der Waals surface area contributed by atoms with E-state index in [1.807, 2.05) is 6.20 Å². The predicted octanol–water partition coefficient (Wildman–Crippen LogP) is 0.912. The van der Waals surface area contributed by atoms with Gasteiger partial charge in [-0.25, -0.2) is 29.9 Å². The second-order valence-electron chi connectivity index (χ2n) is 14.1. The van der Waals surface area contributed by atoms with Crippen LogP contribution in [-0.4, -0.2) is 131 Å². The van der Waals surface area contributed by atoms with Gasteiger partial charge < -0.3 is 56.4 Å². The van der Waals surface area contributed by atoms with Crippen LogP contribution >= 0.6 is 0 Å². The standard InChI is InChI=1S/C39H50N16O5/c40-33(25-3-4-30-29(19-25)52-37(42)60-30)32-34(41)50-24-51-35(32)45-8-2-1-7-44-31(56)6-15-58-17-18-59-16-10-46-36(57)27-22-47-38(48-23-27)54-11-13-55(14-12-54)39-49-21-26-20-43-9-5-28(26)53-39/h3-4,19,21-24,40,43H,1-2,5-18,20H2,(H2,42,52)(H,44,56)(H,46,57)(H3,41,45,50,51). The Hall–Kier alpha value is -6.58. The highest BCUT2D eigenvalue weighted by molar-refractivity contribution is 6.17. The van der Waals surface area contributed by atoms with Crippen LogP contribution in [0, 0.1) is 5.41 Å². The van der Waals surface area contributed by atoms with Gasteiger partial charge in [-0.3, -0.25) is 15.0 Å². The molecule has 0 saturated carbocycles. The van der Waals surface area contributed by atoms with Crippen LogP contribution in [0.1, 0.15) is 52.0 Å². The van der Waals surface area contributed by atoms with Gasteiger partial charge in [-0.1, -0.05) is 0 Å². The van der Waals surface area contributed by atoms with Crippen molar-refractivity contribution in [3.05, 3.63) is 71.1 Å². The van der Waals surface area contributed by atoms with Crippen molar-refractivity contribution in [2.24, 2.45) is 0 Å². The Bertz CT molecular complexity index is 2250. The Morgan fingerprint density at radius 2 is 1.58 bits per heavy atom. The fourth-order valence-corrected chi connectivity index (χ4v) is 6.71. The predicted molar refractivity (Wildman–Crippen MR) is 224 cm³/mol. The fraction of sp³-hybridized carbons (Fsp3) is 0.436. The van der Waals surface area contributed by atoms with Crippen LogP contribution in [0.15, 0.2) is 47.5 Å². The molecule has 316 valence electrons. The third-order valence-corrected chi connectivity index (χ3v) is 9.96.